The highest BCUT2D eigenvalue weighted by Gasteiger charge is 2.23. The highest BCUT2D eigenvalue weighted by atomic mass is 16.5. The second-order valence-corrected chi connectivity index (χ2v) is 5.77. The molecule has 1 amide bonds. The van der Waals surface area contributed by atoms with Crippen molar-refractivity contribution in [3.8, 4) is 5.75 Å². The number of nitrogens with zero attached hydrogens (tertiary/aromatic N) is 1. The van der Waals surface area contributed by atoms with Crippen LogP contribution in [0.4, 0.5) is 5.69 Å². The average Bonchev–Trinajstić information content (AvgIpc) is 2.54. The number of benzene rings is 2. The van der Waals surface area contributed by atoms with Crippen molar-refractivity contribution in [3.05, 3.63) is 59.2 Å². The summed E-state index contributed by atoms with van der Waals surface area (Å²) < 4.78 is 5.35. The zero-order chi connectivity index (χ0) is 15.5. The molecule has 0 aromatic heterocycles. The van der Waals surface area contributed by atoms with Crippen LogP contribution in [0.3, 0.4) is 0 Å². The van der Waals surface area contributed by atoms with Gasteiger partial charge in [-0.3, -0.25) is 4.79 Å². The monoisotopic (exact) mass is 295 g/mol. The van der Waals surface area contributed by atoms with E-state index >= 15 is 0 Å². The van der Waals surface area contributed by atoms with E-state index in [4.69, 9.17) is 4.74 Å². The Hall–Kier alpha value is -2.29. The van der Waals surface area contributed by atoms with Crippen LogP contribution < -0.4 is 9.64 Å². The number of carbonyl (C=O) groups is 1. The van der Waals surface area contributed by atoms with Gasteiger partial charge in [0.25, 0.3) is 0 Å². The lowest BCUT2D eigenvalue weighted by Gasteiger charge is -2.30. The lowest BCUT2D eigenvalue weighted by Crippen LogP contribution is -2.36. The first-order chi connectivity index (χ1) is 10.7. The summed E-state index contributed by atoms with van der Waals surface area (Å²) in [5, 5.41) is 0. The van der Waals surface area contributed by atoms with Crippen LogP contribution in [-0.2, 0) is 17.6 Å². The highest BCUT2D eigenvalue weighted by molar-refractivity contribution is 5.96. The molecular formula is C19H21NO2. The predicted molar refractivity (Wildman–Crippen MR) is 88.6 cm³/mol. The number of carbonyl (C=O) groups excluding carboxylic acids is 1. The first kappa shape index (κ1) is 14.6. The molecule has 0 fully saturated rings. The molecule has 3 nitrogen and oxygen atoms in total. The fraction of sp³-hybridized carbons (Fsp3) is 0.316. The molecule has 0 saturated heterocycles. The minimum Gasteiger partial charge on any atom is -0.496 e. The number of amides is 1. The Morgan fingerprint density at radius 3 is 2.86 bits per heavy atom. The van der Waals surface area contributed by atoms with Gasteiger partial charge in [-0.15, -0.1) is 0 Å². The van der Waals surface area contributed by atoms with E-state index in [1.807, 2.05) is 29.2 Å². The van der Waals surface area contributed by atoms with Gasteiger partial charge in [-0.2, -0.15) is 0 Å². The highest BCUT2D eigenvalue weighted by Crippen LogP contribution is 2.29. The molecule has 114 valence electrons. The Labute approximate surface area is 131 Å². The SMILES string of the molecule is COc1ccccc1CC(=O)N1CCCc2cc(C)ccc21. The number of para-hydroxylation sites is 1. The maximum absolute atomic E-state index is 12.8. The number of hydrogen-bond acceptors (Lipinski definition) is 2. The largest absolute Gasteiger partial charge is 0.496 e. The third-order valence-corrected chi connectivity index (χ3v) is 4.19. The van der Waals surface area contributed by atoms with Gasteiger partial charge >= 0.3 is 0 Å². The van der Waals surface area contributed by atoms with Crippen molar-refractivity contribution in [1.29, 1.82) is 0 Å². The normalized spacial score (nSPS) is 13.6. The van der Waals surface area contributed by atoms with E-state index in [1.54, 1.807) is 7.11 Å². The van der Waals surface area contributed by atoms with Crippen molar-refractivity contribution < 1.29 is 9.53 Å². The van der Waals surface area contributed by atoms with Crippen molar-refractivity contribution >= 4 is 11.6 Å². The zero-order valence-corrected chi connectivity index (χ0v) is 13.1. The molecule has 0 N–H and O–H groups in total. The van der Waals surface area contributed by atoms with Crippen molar-refractivity contribution in [2.24, 2.45) is 0 Å². The summed E-state index contributed by atoms with van der Waals surface area (Å²) in [7, 11) is 1.64. The first-order valence-electron chi connectivity index (χ1n) is 7.71. The molecule has 1 aliphatic heterocycles. The number of methoxy groups -OCH3 is 1. The summed E-state index contributed by atoms with van der Waals surface area (Å²) in [5.41, 5.74) is 4.53. The standard InChI is InChI=1S/C19H21NO2/c1-14-9-10-17-15(12-14)7-5-11-20(17)19(21)13-16-6-3-4-8-18(16)22-2/h3-4,6,8-10,12H,5,7,11,13H2,1-2H3. The Kier molecular flexibility index (Phi) is 4.14. The molecule has 1 aliphatic rings. The Bertz CT molecular complexity index is 694. The number of hydrogen-bond donors (Lipinski definition) is 0. The van der Waals surface area contributed by atoms with Crippen molar-refractivity contribution in [2.45, 2.75) is 26.2 Å². The van der Waals surface area contributed by atoms with Crippen molar-refractivity contribution in [1.82, 2.24) is 0 Å². The van der Waals surface area contributed by atoms with Gasteiger partial charge < -0.3 is 9.64 Å². The third-order valence-electron chi connectivity index (χ3n) is 4.19. The van der Waals surface area contributed by atoms with Crippen LogP contribution in [0.25, 0.3) is 0 Å². The van der Waals surface area contributed by atoms with Crippen LogP contribution in [0.2, 0.25) is 0 Å². The Morgan fingerprint density at radius 2 is 2.05 bits per heavy atom. The summed E-state index contributed by atoms with van der Waals surface area (Å²) in [6.07, 6.45) is 2.45. The smallest absolute Gasteiger partial charge is 0.231 e. The van der Waals surface area contributed by atoms with Gasteiger partial charge in [0.1, 0.15) is 5.75 Å². The maximum Gasteiger partial charge on any atom is 0.231 e. The second-order valence-electron chi connectivity index (χ2n) is 5.77. The van der Waals surface area contributed by atoms with Crippen LogP contribution in [0.1, 0.15) is 23.1 Å². The molecular weight excluding hydrogens is 274 g/mol. The van der Waals surface area contributed by atoms with Gasteiger partial charge in [0, 0.05) is 17.8 Å². The lowest BCUT2D eigenvalue weighted by molar-refractivity contribution is -0.118. The molecule has 2 aromatic rings. The Morgan fingerprint density at radius 1 is 1.23 bits per heavy atom. The summed E-state index contributed by atoms with van der Waals surface area (Å²) in [6.45, 7) is 2.89. The molecule has 3 rings (SSSR count). The van der Waals surface area contributed by atoms with Gasteiger partial charge in [0.15, 0.2) is 0 Å². The van der Waals surface area contributed by atoms with Crippen molar-refractivity contribution in [2.75, 3.05) is 18.6 Å². The molecule has 1 heterocycles. The summed E-state index contributed by atoms with van der Waals surface area (Å²) in [6, 6.07) is 14.1. The van der Waals surface area contributed by atoms with Gasteiger partial charge in [-0.05, 0) is 37.5 Å². The number of anilines is 1. The Balaban J connectivity index is 1.85. The van der Waals surface area contributed by atoms with E-state index in [-0.39, 0.29) is 5.91 Å². The lowest BCUT2D eigenvalue weighted by atomic mass is 9.98. The first-order valence-corrected chi connectivity index (χ1v) is 7.71. The van der Waals surface area contributed by atoms with Crippen LogP contribution in [0, 0.1) is 6.92 Å². The summed E-state index contributed by atoms with van der Waals surface area (Å²) >= 11 is 0. The molecule has 0 unspecified atom stereocenters. The van der Waals surface area contributed by atoms with Gasteiger partial charge in [-0.1, -0.05) is 35.9 Å². The maximum atomic E-state index is 12.8. The van der Waals surface area contributed by atoms with E-state index in [9.17, 15) is 4.79 Å². The molecule has 0 atom stereocenters. The number of rotatable bonds is 3. The molecule has 0 spiro atoms. The van der Waals surface area contributed by atoms with E-state index in [0.29, 0.717) is 6.42 Å². The van der Waals surface area contributed by atoms with Gasteiger partial charge in [-0.25, -0.2) is 0 Å². The predicted octanol–water partition coefficient (Wildman–Crippen LogP) is 3.53. The van der Waals surface area contributed by atoms with E-state index in [0.717, 1.165) is 36.4 Å². The molecule has 0 bridgehead atoms. The minimum atomic E-state index is 0.134. The third kappa shape index (κ3) is 2.84. The van der Waals surface area contributed by atoms with Gasteiger partial charge in [0.05, 0.1) is 13.5 Å². The number of ether oxygens (including phenoxy) is 1. The summed E-state index contributed by atoms with van der Waals surface area (Å²) in [5.74, 6) is 0.909. The fourth-order valence-electron chi connectivity index (χ4n) is 3.09. The minimum absolute atomic E-state index is 0.134. The van der Waals surface area contributed by atoms with Crippen LogP contribution in [0.15, 0.2) is 42.5 Å². The zero-order valence-electron chi connectivity index (χ0n) is 13.1. The van der Waals surface area contributed by atoms with Crippen LogP contribution >= 0.6 is 0 Å². The van der Waals surface area contributed by atoms with E-state index < -0.39 is 0 Å². The second kappa shape index (κ2) is 6.22. The number of fused-ring (bicyclic) bond motifs is 1. The molecule has 0 aliphatic carbocycles. The van der Waals surface area contributed by atoms with Gasteiger partial charge in [0.2, 0.25) is 5.91 Å². The molecule has 0 saturated carbocycles. The average molecular weight is 295 g/mol. The van der Waals surface area contributed by atoms with E-state index in [2.05, 4.69) is 25.1 Å². The summed E-state index contributed by atoms with van der Waals surface area (Å²) in [4.78, 5) is 14.7. The number of aryl methyl sites for hydroxylation is 2. The van der Waals surface area contributed by atoms with Crippen LogP contribution in [0.5, 0.6) is 5.75 Å². The van der Waals surface area contributed by atoms with Crippen molar-refractivity contribution in [3.63, 3.8) is 0 Å². The quantitative estimate of drug-likeness (QED) is 0.867. The van der Waals surface area contributed by atoms with E-state index in [1.165, 1.54) is 11.1 Å². The molecule has 3 heteroatoms. The molecule has 22 heavy (non-hydrogen) atoms. The fourth-order valence-corrected chi connectivity index (χ4v) is 3.09. The topological polar surface area (TPSA) is 29.5 Å². The van der Waals surface area contributed by atoms with Crippen LogP contribution in [-0.4, -0.2) is 19.6 Å². The molecule has 0 radical (unpaired) electrons. The molecule has 2 aromatic carbocycles.